The molecule has 0 aliphatic heterocycles. The van der Waals surface area contributed by atoms with E-state index >= 15 is 0 Å². The van der Waals surface area contributed by atoms with Crippen molar-refractivity contribution in [3.05, 3.63) is 77.6 Å². The van der Waals surface area contributed by atoms with Crippen LogP contribution in [0, 0.1) is 17.1 Å². The molecule has 0 aliphatic rings. The molecule has 3 N–H and O–H groups in total. The molecule has 2 aromatic carbocycles. The molecule has 34 heavy (non-hydrogen) atoms. The summed E-state index contributed by atoms with van der Waals surface area (Å²) in [5.41, 5.74) is 3.07. The Hall–Kier alpha value is -4.45. The highest BCUT2D eigenvalue weighted by atomic mass is 19.1. The molecule has 0 spiro atoms. The Morgan fingerprint density at radius 2 is 1.97 bits per heavy atom. The largest absolute Gasteiger partial charge is 0.368 e. The molecule has 1 heterocycles. The third kappa shape index (κ3) is 6.29. The Labute approximate surface area is 197 Å². The molecule has 0 radical (unpaired) electrons. The normalized spacial score (nSPS) is 10.1. The lowest BCUT2D eigenvalue weighted by molar-refractivity contribution is -0.107. The van der Waals surface area contributed by atoms with Crippen molar-refractivity contribution in [2.75, 3.05) is 36.9 Å². The number of hydrogen-bond donors (Lipinski definition) is 3. The van der Waals surface area contributed by atoms with Crippen molar-refractivity contribution in [1.82, 2.24) is 15.6 Å². The Morgan fingerprint density at radius 3 is 2.71 bits per heavy atom. The zero-order valence-electron chi connectivity index (χ0n) is 18.7. The lowest BCUT2D eigenvalue weighted by Gasteiger charge is -2.22. The molecule has 0 aliphatic carbocycles. The van der Waals surface area contributed by atoms with E-state index in [9.17, 15) is 19.2 Å². The van der Waals surface area contributed by atoms with Gasteiger partial charge in [0.25, 0.3) is 0 Å². The SMILES string of the molecule is CNC(=O)NCCN(C=O)c1ccc(-c2ccccc2C#N)nc1NCCc1cccc(F)c1. The van der Waals surface area contributed by atoms with Crippen LogP contribution in [0.4, 0.5) is 20.7 Å². The number of aromatic nitrogens is 1. The van der Waals surface area contributed by atoms with Crippen LogP contribution in [-0.2, 0) is 11.2 Å². The third-order valence-electron chi connectivity index (χ3n) is 5.09. The first-order valence-electron chi connectivity index (χ1n) is 10.7. The van der Waals surface area contributed by atoms with Crippen LogP contribution in [0.25, 0.3) is 11.3 Å². The van der Waals surface area contributed by atoms with Crippen molar-refractivity contribution in [2.24, 2.45) is 0 Å². The van der Waals surface area contributed by atoms with Gasteiger partial charge in [0.1, 0.15) is 5.82 Å². The number of amides is 3. The fourth-order valence-electron chi connectivity index (χ4n) is 3.39. The average Bonchev–Trinajstić information content (AvgIpc) is 2.86. The number of halogens is 1. The molecular formula is C25H25FN6O2. The highest BCUT2D eigenvalue weighted by Gasteiger charge is 2.15. The van der Waals surface area contributed by atoms with E-state index in [1.807, 2.05) is 18.2 Å². The predicted molar refractivity (Wildman–Crippen MR) is 129 cm³/mol. The number of nitriles is 1. The first-order valence-corrected chi connectivity index (χ1v) is 10.7. The van der Waals surface area contributed by atoms with E-state index in [4.69, 9.17) is 4.98 Å². The molecule has 1 aromatic heterocycles. The molecule has 0 bridgehead atoms. The second kappa shape index (κ2) is 12.0. The van der Waals surface area contributed by atoms with Crippen LogP contribution < -0.4 is 20.9 Å². The fourth-order valence-corrected chi connectivity index (χ4v) is 3.39. The number of urea groups is 1. The van der Waals surface area contributed by atoms with Crippen LogP contribution in [0.1, 0.15) is 11.1 Å². The lowest BCUT2D eigenvalue weighted by atomic mass is 10.0. The number of benzene rings is 2. The minimum Gasteiger partial charge on any atom is -0.368 e. The summed E-state index contributed by atoms with van der Waals surface area (Å²) in [5.74, 6) is 0.135. The Bertz CT molecular complexity index is 1190. The molecule has 9 heteroatoms. The zero-order valence-corrected chi connectivity index (χ0v) is 18.7. The lowest BCUT2D eigenvalue weighted by Crippen LogP contribution is -2.38. The summed E-state index contributed by atoms with van der Waals surface area (Å²) in [4.78, 5) is 29.4. The van der Waals surface area contributed by atoms with Crippen molar-refractivity contribution < 1.29 is 14.0 Å². The standard InChI is InChI=1S/C25H25FN6O2/c1-28-25(34)30-13-14-32(17-33)23-10-9-22(21-8-3-2-6-19(21)16-27)31-24(23)29-12-11-18-5-4-7-20(26)15-18/h2-10,15,17H,11-14H2,1H3,(H,29,31)(H2,28,30,34). The topological polar surface area (TPSA) is 110 Å². The van der Waals surface area contributed by atoms with Gasteiger partial charge in [-0.05, 0) is 42.3 Å². The van der Waals surface area contributed by atoms with Gasteiger partial charge < -0.3 is 20.9 Å². The third-order valence-corrected chi connectivity index (χ3v) is 5.09. The summed E-state index contributed by atoms with van der Waals surface area (Å²) in [7, 11) is 1.51. The number of carbonyl (C=O) groups excluding carboxylic acids is 2. The number of anilines is 2. The summed E-state index contributed by atoms with van der Waals surface area (Å²) in [6, 6.07) is 18.8. The average molecular weight is 461 g/mol. The van der Waals surface area contributed by atoms with E-state index in [0.29, 0.717) is 47.7 Å². The number of nitrogens with one attached hydrogen (secondary N) is 3. The minimum absolute atomic E-state index is 0.227. The highest BCUT2D eigenvalue weighted by molar-refractivity contribution is 5.84. The first-order chi connectivity index (χ1) is 16.5. The Balaban J connectivity index is 1.87. The predicted octanol–water partition coefficient (Wildman–Crippen LogP) is 3.31. The number of pyridine rings is 1. The summed E-state index contributed by atoms with van der Waals surface area (Å²) in [6.45, 7) is 0.904. The molecule has 3 aromatic rings. The minimum atomic E-state index is -0.346. The zero-order chi connectivity index (χ0) is 24.3. The maximum atomic E-state index is 13.5. The summed E-state index contributed by atoms with van der Waals surface area (Å²) < 4.78 is 13.5. The van der Waals surface area contributed by atoms with Gasteiger partial charge in [-0.2, -0.15) is 5.26 Å². The first kappa shape index (κ1) is 24.2. The van der Waals surface area contributed by atoms with Gasteiger partial charge in [0.15, 0.2) is 5.82 Å². The maximum absolute atomic E-state index is 13.5. The van der Waals surface area contributed by atoms with Crippen molar-refractivity contribution >= 4 is 23.9 Å². The van der Waals surface area contributed by atoms with Crippen LogP contribution in [0.15, 0.2) is 60.7 Å². The van der Waals surface area contributed by atoms with Crippen molar-refractivity contribution in [1.29, 1.82) is 5.26 Å². The van der Waals surface area contributed by atoms with E-state index in [1.54, 1.807) is 30.3 Å². The van der Waals surface area contributed by atoms with Gasteiger partial charge in [0.05, 0.1) is 23.0 Å². The van der Waals surface area contributed by atoms with Gasteiger partial charge in [-0.1, -0.05) is 30.3 Å². The molecule has 8 nitrogen and oxygen atoms in total. The van der Waals surface area contributed by atoms with Crippen LogP contribution in [0.3, 0.4) is 0 Å². The van der Waals surface area contributed by atoms with Crippen LogP contribution in [-0.4, -0.2) is 44.1 Å². The van der Waals surface area contributed by atoms with Crippen molar-refractivity contribution in [3.8, 4) is 17.3 Å². The molecule has 0 unspecified atom stereocenters. The van der Waals surface area contributed by atoms with E-state index in [1.165, 1.54) is 24.1 Å². The van der Waals surface area contributed by atoms with Gasteiger partial charge in [-0.25, -0.2) is 14.2 Å². The molecule has 0 fully saturated rings. The molecule has 174 valence electrons. The summed E-state index contributed by atoms with van der Waals surface area (Å²) >= 11 is 0. The van der Waals surface area contributed by atoms with Gasteiger partial charge in [-0.3, -0.25) is 4.79 Å². The number of carbonyl (C=O) groups is 2. The highest BCUT2D eigenvalue weighted by Crippen LogP contribution is 2.29. The molecule has 3 rings (SSSR count). The van der Waals surface area contributed by atoms with E-state index in [0.717, 1.165) is 5.56 Å². The Kier molecular flexibility index (Phi) is 8.52. The molecule has 3 amide bonds. The molecule has 0 saturated heterocycles. The maximum Gasteiger partial charge on any atom is 0.314 e. The Morgan fingerprint density at radius 1 is 1.15 bits per heavy atom. The van der Waals surface area contributed by atoms with Crippen LogP contribution in [0.5, 0.6) is 0 Å². The van der Waals surface area contributed by atoms with E-state index in [-0.39, 0.29) is 24.9 Å². The molecule has 0 saturated carbocycles. The smallest absolute Gasteiger partial charge is 0.314 e. The van der Waals surface area contributed by atoms with Crippen molar-refractivity contribution in [2.45, 2.75) is 6.42 Å². The van der Waals surface area contributed by atoms with Crippen molar-refractivity contribution in [3.63, 3.8) is 0 Å². The fraction of sp³-hybridized carbons (Fsp3) is 0.200. The second-order valence-electron chi connectivity index (χ2n) is 7.33. The van der Waals surface area contributed by atoms with Gasteiger partial charge in [0, 0.05) is 32.2 Å². The summed E-state index contributed by atoms with van der Waals surface area (Å²) in [6.07, 6.45) is 1.21. The number of hydrogen-bond acceptors (Lipinski definition) is 5. The van der Waals surface area contributed by atoms with Gasteiger partial charge in [-0.15, -0.1) is 0 Å². The van der Waals surface area contributed by atoms with Gasteiger partial charge in [0.2, 0.25) is 6.41 Å². The number of nitrogens with zero attached hydrogens (tertiary/aromatic N) is 3. The van der Waals surface area contributed by atoms with Crippen LogP contribution >= 0.6 is 0 Å². The molecule has 0 atom stereocenters. The van der Waals surface area contributed by atoms with Crippen LogP contribution in [0.2, 0.25) is 0 Å². The monoisotopic (exact) mass is 460 g/mol. The number of rotatable bonds is 10. The van der Waals surface area contributed by atoms with E-state index < -0.39 is 0 Å². The second-order valence-corrected chi connectivity index (χ2v) is 7.33. The molecular weight excluding hydrogens is 435 g/mol. The van der Waals surface area contributed by atoms with E-state index in [2.05, 4.69) is 22.0 Å². The van der Waals surface area contributed by atoms with Gasteiger partial charge >= 0.3 is 6.03 Å². The quantitative estimate of drug-likeness (QED) is 0.402. The summed E-state index contributed by atoms with van der Waals surface area (Å²) in [5, 5.41) is 17.8.